The number of hydrogen-bond acceptors (Lipinski definition) is 6. The van der Waals surface area contributed by atoms with Gasteiger partial charge >= 0.3 is 0 Å². The number of rotatable bonds is 16. The molecule has 2 fully saturated rings. The van der Waals surface area contributed by atoms with Gasteiger partial charge in [0.2, 0.25) is 5.91 Å². The summed E-state index contributed by atoms with van der Waals surface area (Å²) in [6.45, 7) is 5.44. The summed E-state index contributed by atoms with van der Waals surface area (Å²) in [4.78, 5) is 14.8. The molecule has 1 saturated carbocycles. The Morgan fingerprint density at radius 3 is 2.56 bits per heavy atom. The minimum Gasteiger partial charge on any atom is -0.494 e. The number of carbonyl (C=O) groups is 1. The summed E-state index contributed by atoms with van der Waals surface area (Å²) in [5, 5.41) is 24.1. The van der Waals surface area contributed by atoms with Crippen molar-refractivity contribution >= 4 is 5.91 Å². The summed E-state index contributed by atoms with van der Waals surface area (Å²) in [7, 11) is 0. The largest absolute Gasteiger partial charge is 0.494 e. The molecule has 2 aliphatic rings. The van der Waals surface area contributed by atoms with Gasteiger partial charge in [-0.2, -0.15) is 0 Å². The fourth-order valence-electron chi connectivity index (χ4n) is 4.44. The lowest BCUT2D eigenvalue weighted by atomic mass is 9.96. The fourth-order valence-corrected chi connectivity index (χ4v) is 4.44. The molecular weight excluding hydrogens is 432 g/mol. The summed E-state index contributed by atoms with van der Waals surface area (Å²) in [5.74, 6) is 0.747. The highest BCUT2D eigenvalue weighted by molar-refractivity contribution is 5.76. The molecule has 3 atom stereocenters. The minimum absolute atomic E-state index is 0.0387. The van der Waals surface area contributed by atoms with Crippen molar-refractivity contribution < 1.29 is 24.5 Å². The number of likely N-dealkylation sites (tertiary alicyclic amines) is 1. The second-order valence-corrected chi connectivity index (χ2v) is 9.83. The number of ether oxygens (including phenoxy) is 2. The molecule has 1 aliphatic carbocycles. The molecular formula is C27H44N2O5. The van der Waals surface area contributed by atoms with Gasteiger partial charge in [-0.25, -0.2) is 0 Å². The first-order chi connectivity index (χ1) is 16.5. The maximum Gasteiger partial charge on any atom is 0.220 e. The predicted molar refractivity (Wildman–Crippen MR) is 133 cm³/mol. The van der Waals surface area contributed by atoms with Crippen molar-refractivity contribution in [3.8, 4) is 5.75 Å². The third-order valence-electron chi connectivity index (χ3n) is 6.87. The van der Waals surface area contributed by atoms with Crippen LogP contribution in [0.2, 0.25) is 0 Å². The molecule has 7 nitrogen and oxygen atoms in total. The predicted octanol–water partition coefficient (Wildman–Crippen LogP) is 3.58. The summed E-state index contributed by atoms with van der Waals surface area (Å²) in [5.41, 5.74) is 0.751. The lowest BCUT2D eigenvalue weighted by Gasteiger charge is -2.29. The van der Waals surface area contributed by atoms with Crippen molar-refractivity contribution in [2.24, 2.45) is 0 Å². The number of amides is 1. The second kappa shape index (κ2) is 14.7. The Morgan fingerprint density at radius 1 is 1.12 bits per heavy atom. The lowest BCUT2D eigenvalue weighted by Crippen LogP contribution is -2.47. The summed E-state index contributed by atoms with van der Waals surface area (Å²) < 4.78 is 11.5. The van der Waals surface area contributed by atoms with E-state index in [1.54, 1.807) is 0 Å². The van der Waals surface area contributed by atoms with Crippen LogP contribution in [0.5, 0.6) is 5.75 Å². The van der Waals surface area contributed by atoms with E-state index in [9.17, 15) is 15.0 Å². The van der Waals surface area contributed by atoms with E-state index < -0.39 is 12.1 Å². The van der Waals surface area contributed by atoms with Crippen molar-refractivity contribution in [2.75, 3.05) is 32.8 Å². The smallest absolute Gasteiger partial charge is 0.220 e. The number of hydrogen-bond donors (Lipinski definition) is 3. The molecule has 1 aliphatic heterocycles. The Morgan fingerprint density at radius 2 is 1.91 bits per heavy atom. The van der Waals surface area contributed by atoms with Crippen molar-refractivity contribution in [3.05, 3.63) is 29.8 Å². The summed E-state index contributed by atoms with van der Waals surface area (Å²) >= 11 is 0. The van der Waals surface area contributed by atoms with E-state index in [0.29, 0.717) is 32.2 Å². The Kier molecular flexibility index (Phi) is 11.6. The van der Waals surface area contributed by atoms with E-state index in [0.717, 1.165) is 63.0 Å². The lowest BCUT2D eigenvalue weighted by molar-refractivity contribution is -0.123. The normalized spacial score (nSPS) is 20.6. The quantitative estimate of drug-likeness (QED) is 0.316. The highest BCUT2D eigenvalue weighted by Crippen LogP contribution is 2.23. The molecule has 3 N–H and O–H groups in total. The van der Waals surface area contributed by atoms with Crippen LogP contribution in [0.4, 0.5) is 0 Å². The first-order valence-corrected chi connectivity index (χ1v) is 13.3. The van der Waals surface area contributed by atoms with Crippen LogP contribution in [-0.4, -0.2) is 72.1 Å². The third kappa shape index (κ3) is 9.17. The van der Waals surface area contributed by atoms with Crippen molar-refractivity contribution in [1.29, 1.82) is 0 Å². The van der Waals surface area contributed by atoms with E-state index in [-0.39, 0.29) is 12.0 Å². The molecule has 192 valence electrons. The summed E-state index contributed by atoms with van der Waals surface area (Å²) in [6, 6.07) is 7.04. The van der Waals surface area contributed by atoms with E-state index in [1.165, 1.54) is 19.3 Å². The first-order valence-electron chi connectivity index (χ1n) is 13.3. The zero-order chi connectivity index (χ0) is 24.2. The van der Waals surface area contributed by atoms with Crippen LogP contribution in [0.1, 0.15) is 82.8 Å². The number of carbonyl (C=O) groups excluding carboxylic acids is 1. The van der Waals surface area contributed by atoms with Gasteiger partial charge in [-0.1, -0.05) is 31.9 Å². The maximum atomic E-state index is 12.7. The zero-order valence-corrected chi connectivity index (χ0v) is 20.8. The number of nitrogens with one attached hydrogen (secondary N) is 1. The number of β-amino-alcohol motifs (C(OH)–C–C–N with tert-alkyl or cyclic N) is 1. The number of unbranched alkanes of at least 4 members (excludes halogenated alkanes) is 3. The van der Waals surface area contributed by atoms with Gasteiger partial charge in [-0.05, 0) is 62.6 Å². The molecule has 0 spiro atoms. The van der Waals surface area contributed by atoms with Crippen LogP contribution < -0.4 is 10.1 Å². The zero-order valence-electron chi connectivity index (χ0n) is 20.8. The molecule has 1 heterocycles. The molecule has 34 heavy (non-hydrogen) atoms. The van der Waals surface area contributed by atoms with Gasteiger partial charge in [0.25, 0.3) is 0 Å². The van der Waals surface area contributed by atoms with Gasteiger partial charge < -0.3 is 25.0 Å². The average Bonchev–Trinajstić information content (AvgIpc) is 3.21. The number of aliphatic hydroxyl groups excluding tert-OH is 2. The molecule has 3 rings (SSSR count). The van der Waals surface area contributed by atoms with Crippen LogP contribution in [0, 0.1) is 0 Å². The van der Waals surface area contributed by atoms with Crippen LogP contribution in [0.15, 0.2) is 24.3 Å². The Balaban J connectivity index is 1.47. The Bertz CT molecular complexity index is 709. The van der Waals surface area contributed by atoms with E-state index >= 15 is 0 Å². The van der Waals surface area contributed by atoms with Gasteiger partial charge in [-0.15, -0.1) is 0 Å². The van der Waals surface area contributed by atoms with Crippen molar-refractivity contribution in [1.82, 2.24) is 10.2 Å². The number of aliphatic hydroxyl groups is 2. The Hall–Kier alpha value is -1.67. The Labute approximate surface area is 204 Å². The van der Waals surface area contributed by atoms with Gasteiger partial charge in [0.1, 0.15) is 11.9 Å². The number of benzene rings is 1. The van der Waals surface area contributed by atoms with E-state index in [4.69, 9.17) is 9.47 Å². The fraction of sp³-hybridized carbons (Fsp3) is 0.741. The average molecular weight is 477 g/mol. The second-order valence-electron chi connectivity index (χ2n) is 9.83. The van der Waals surface area contributed by atoms with Crippen molar-refractivity contribution in [2.45, 2.75) is 95.5 Å². The van der Waals surface area contributed by atoms with Gasteiger partial charge in [-0.3, -0.25) is 9.69 Å². The van der Waals surface area contributed by atoms with Gasteiger partial charge in [0.15, 0.2) is 0 Å². The molecule has 1 saturated heterocycles. The monoisotopic (exact) mass is 476 g/mol. The van der Waals surface area contributed by atoms with E-state index in [1.807, 2.05) is 24.3 Å². The van der Waals surface area contributed by atoms with Crippen LogP contribution in [-0.2, 0) is 9.53 Å². The molecule has 1 unspecified atom stereocenters. The van der Waals surface area contributed by atoms with Gasteiger partial charge in [0.05, 0.1) is 24.9 Å². The summed E-state index contributed by atoms with van der Waals surface area (Å²) in [6.07, 6.45) is 8.97. The molecule has 0 aromatic heterocycles. The topological polar surface area (TPSA) is 91.3 Å². The molecule has 1 aromatic carbocycles. The highest BCUT2D eigenvalue weighted by Gasteiger charge is 2.29. The van der Waals surface area contributed by atoms with E-state index in [2.05, 4.69) is 17.1 Å². The van der Waals surface area contributed by atoms with Crippen molar-refractivity contribution in [3.63, 3.8) is 0 Å². The molecule has 0 radical (unpaired) electrons. The highest BCUT2D eigenvalue weighted by atomic mass is 16.5. The molecule has 7 heteroatoms. The van der Waals surface area contributed by atoms with Gasteiger partial charge in [0, 0.05) is 32.7 Å². The maximum absolute atomic E-state index is 12.7. The SMILES string of the molecule is CCCCOc1ccc([C@@H](O)[C@@H](CN2CCC(O)C2)NC(=O)CCCCCOC2CCC2)cc1. The minimum atomic E-state index is -0.831. The molecule has 1 aromatic rings. The standard InChI is InChI=1S/C27H44N2O5/c1-2-3-17-33-24-13-11-21(12-14-24)27(32)25(20-29-16-15-22(30)19-29)28-26(31)10-5-4-6-18-34-23-8-7-9-23/h11-14,22-23,25,27,30,32H,2-10,15-20H2,1H3,(H,28,31)/t22?,25-,27-/m1/s1. The molecule has 1 amide bonds. The van der Waals surface area contributed by atoms with Crippen LogP contribution in [0.3, 0.4) is 0 Å². The van der Waals surface area contributed by atoms with Crippen LogP contribution in [0.25, 0.3) is 0 Å². The third-order valence-corrected chi connectivity index (χ3v) is 6.87. The van der Waals surface area contributed by atoms with Crippen LogP contribution >= 0.6 is 0 Å². The molecule has 0 bridgehead atoms. The first kappa shape index (κ1) is 26.9. The number of nitrogens with zero attached hydrogens (tertiary/aromatic N) is 1.